The zero-order valence-electron chi connectivity index (χ0n) is 11.0. The van der Waals surface area contributed by atoms with Crippen molar-refractivity contribution in [2.75, 3.05) is 5.73 Å². The third kappa shape index (κ3) is 2.54. The van der Waals surface area contributed by atoms with E-state index < -0.39 is 0 Å². The maximum Gasteiger partial charge on any atom is 0.237 e. The van der Waals surface area contributed by atoms with Crippen LogP contribution in [0.1, 0.15) is 24.8 Å². The fourth-order valence-electron chi connectivity index (χ4n) is 2.01. The molecule has 1 fully saturated rings. The highest BCUT2D eigenvalue weighted by Gasteiger charge is 2.29. The van der Waals surface area contributed by atoms with Gasteiger partial charge in [0.2, 0.25) is 17.7 Å². The Hall–Kier alpha value is -1.87. The molecule has 0 unspecified atom stereocenters. The first kappa shape index (κ1) is 12.8. The Labute approximate surface area is 128 Å². The molecule has 9 heteroatoms. The third-order valence-corrected chi connectivity index (χ3v) is 4.79. The minimum absolute atomic E-state index is 0.451. The van der Waals surface area contributed by atoms with Crippen molar-refractivity contribution in [3.8, 4) is 11.4 Å². The Bertz CT molecular complexity index is 746. The average molecular weight is 320 g/mol. The highest BCUT2D eigenvalue weighted by atomic mass is 32.2. The van der Waals surface area contributed by atoms with E-state index in [1.165, 1.54) is 11.8 Å². The molecule has 1 aliphatic carbocycles. The molecule has 3 heterocycles. The Morgan fingerprint density at radius 1 is 1.43 bits per heavy atom. The number of nitrogens with zero attached hydrogens (tertiary/aromatic N) is 5. The number of nitrogens with two attached hydrogens (primary N) is 1. The predicted molar refractivity (Wildman–Crippen MR) is 79.9 cm³/mol. The fourth-order valence-corrected chi connectivity index (χ4v) is 3.50. The Kier molecular flexibility index (Phi) is 3.15. The first-order valence-electron chi connectivity index (χ1n) is 6.49. The normalized spacial score (nSPS) is 14.7. The van der Waals surface area contributed by atoms with E-state index in [1.54, 1.807) is 11.3 Å². The second-order valence-corrected chi connectivity index (χ2v) is 6.48. The van der Waals surface area contributed by atoms with Crippen molar-refractivity contribution in [2.24, 2.45) is 0 Å². The summed E-state index contributed by atoms with van der Waals surface area (Å²) in [4.78, 5) is 4.38. The Morgan fingerprint density at radius 3 is 3.10 bits per heavy atom. The summed E-state index contributed by atoms with van der Waals surface area (Å²) < 4.78 is 7.25. The number of aromatic nitrogens is 5. The van der Waals surface area contributed by atoms with Crippen LogP contribution in [0.2, 0.25) is 0 Å². The zero-order valence-corrected chi connectivity index (χ0v) is 12.6. The Morgan fingerprint density at radius 2 is 2.33 bits per heavy atom. The van der Waals surface area contributed by atoms with Gasteiger partial charge in [-0.2, -0.15) is 16.3 Å². The summed E-state index contributed by atoms with van der Waals surface area (Å²) in [5.41, 5.74) is 6.82. The van der Waals surface area contributed by atoms with Gasteiger partial charge in [-0.1, -0.05) is 16.9 Å². The highest BCUT2D eigenvalue weighted by Crippen LogP contribution is 2.39. The zero-order chi connectivity index (χ0) is 14.2. The van der Waals surface area contributed by atoms with Crippen LogP contribution in [0.5, 0.6) is 0 Å². The summed E-state index contributed by atoms with van der Waals surface area (Å²) in [6, 6.07) is 2.42. The molecular formula is C12H12N6OS2. The molecule has 0 amide bonds. The summed E-state index contributed by atoms with van der Waals surface area (Å²) in [6.07, 6.45) is 2.28. The molecule has 4 rings (SSSR count). The lowest BCUT2D eigenvalue weighted by molar-refractivity contribution is 0.391. The van der Waals surface area contributed by atoms with E-state index in [9.17, 15) is 0 Å². The quantitative estimate of drug-likeness (QED) is 0.722. The number of rotatable bonds is 5. The van der Waals surface area contributed by atoms with E-state index in [2.05, 4.69) is 20.3 Å². The molecule has 7 nitrogen and oxygen atoms in total. The number of anilines is 1. The monoisotopic (exact) mass is 320 g/mol. The lowest BCUT2D eigenvalue weighted by Crippen LogP contribution is -2.02. The van der Waals surface area contributed by atoms with E-state index >= 15 is 0 Å². The molecule has 0 aromatic carbocycles. The summed E-state index contributed by atoms with van der Waals surface area (Å²) in [6.45, 7) is 0. The number of hydrogen-bond acceptors (Lipinski definition) is 8. The molecule has 2 N–H and O–H groups in total. The van der Waals surface area contributed by atoms with Gasteiger partial charge in [0.05, 0.1) is 5.75 Å². The van der Waals surface area contributed by atoms with E-state index in [0.717, 1.165) is 23.6 Å². The molecule has 21 heavy (non-hydrogen) atoms. The van der Waals surface area contributed by atoms with Gasteiger partial charge in [-0.15, -0.1) is 10.2 Å². The first-order chi connectivity index (χ1) is 10.3. The summed E-state index contributed by atoms with van der Waals surface area (Å²) in [7, 11) is 0. The van der Waals surface area contributed by atoms with Crippen molar-refractivity contribution in [2.45, 2.75) is 29.8 Å². The third-order valence-electron chi connectivity index (χ3n) is 3.18. The van der Waals surface area contributed by atoms with E-state index in [-0.39, 0.29) is 0 Å². The SMILES string of the molecule is Nc1nnc(SCc2nc(-c3ccsc3)no2)n1C1CC1. The Balaban J connectivity index is 1.48. The van der Waals surface area contributed by atoms with Crippen LogP contribution in [0.15, 0.2) is 26.5 Å². The molecule has 0 atom stereocenters. The van der Waals surface area contributed by atoms with Crippen molar-refractivity contribution in [3.05, 3.63) is 22.7 Å². The van der Waals surface area contributed by atoms with Gasteiger partial charge in [0.15, 0.2) is 5.16 Å². The summed E-state index contributed by atoms with van der Waals surface area (Å²) in [5, 5.41) is 16.8. The van der Waals surface area contributed by atoms with E-state index in [1.807, 2.05) is 21.4 Å². The molecule has 0 spiro atoms. The van der Waals surface area contributed by atoms with Crippen molar-refractivity contribution in [1.82, 2.24) is 24.9 Å². The van der Waals surface area contributed by atoms with E-state index in [4.69, 9.17) is 10.3 Å². The molecule has 0 radical (unpaired) electrons. The van der Waals surface area contributed by atoms with Crippen molar-refractivity contribution < 1.29 is 4.52 Å². The minimum Gasteiger partial charge on any atom is -0.368 e. The van der Waals surface area contributed by atoms with Crippen LogP contribution in [0.25, 0.3) is 11.4 Å². The van der Waals surface area contributed by atoms with Gasteiger partial charge < -0.3 is 10.3 Å². The van der Waals surface area contributed by atoms with Crippen molar-refractivity contribution >= 4 is 29.0 Å². The topological polar surface area (TPSA) is 95.7 Å². The van der Waals surface area contributed by atoms with Crippen LogP contribution in [0, 0.1) is 0 Å². The van der Waals surface area contributed by atoms with Gasteiger partial charge in [-0.25, -0.2) is 0 Å². The van der Waals surface area contributed by atoms with E-state index in [0.29, 0.717) is 29.5 Å². The van der Waals surface area contributed by atoms with Crippen molar-refractivity contribution in [3.63, 3.8) is 0 Å². The van der Waals surface area contributed by atoms with Crippen LogP contribution in [-0.2, 0) is 5.75 Å². The molecule has 0 bridgehead atoms. The van der Waals surface area contributed by atoms with Gasteiger partial charge in [0.1, 0.15) is 0 Å². The van der Waals surface area contributed by atoms with Gasteiger partial charge in [-0.05, 0) is 24.3 Å². The predicted octanol–water partition coefficient (Wildman–Crippen LogP) is 2.60. The maximum absolute atomic E-state index is 5.85. The summed E-state index contributed by atoms with van der Waals surface area (Å²) in [5.74, 6) is 2.23. The fraction of sp³-hybridized carbons (Fsp3) is 0.333. The molecule has 1 aliphatic rings. The second-order valence-electron chi connectivity index (χ2n) is 4.75. The molecule has 3 aromatic heterocycles. The van der Waals surface area contributed by atoms with Gasteiger partial charge in [0.25, 0.3) is 0 Å². The lowest BCUT2D eigenvalue weighted by Gasteiger charge is -2.03. The standard InChI is InChI=1S/C12H12N6OS2/c13-11-15-16-12(18(11)8-1-2-8)21-6-9-14-10(17-19-9)7-3-4-20-5-7/h3-5,8H,1-2,6H2,(H2,13,15). The number of hydrogen-bond donors (Lipinski definition) is 1. The first-order valence-corrected chi connectivity index (χ1v) is 8.42. The van der Waals surface area contributed by atoms with Crippen LogP contribution < -0.4 is 5.73 Å². The second kappa shape index (κ2) is 5.15. The van der Waals surface area contributed by atoms with Crippen LogP contribution >= 0.6 is 23.1 Å². The molecule has 1 saturated carbocycles. The largest absolute Gasteiger partial charge is 0.368 e. The average Bonchev–Trinajstić information content (AvgIpc) is 2.94. The molecular weight excluding hydrogens is 308 g/mol. The lowest BCUT2D eigenvalue weighted by atomic mass is 10.3. The van der Waals surface area contributed by atoms with Crippen LogP contribution in [-0.4, -0.2) is 24.9 Å². The molecule has 0 aliphatic heterocycles. The van der Waals surface area contributed by atoms with Crippen LogP contribution in [0.3, 0.4) is 0 Å². The smallest absolute Gasteiger partial charge is 0.237 e. The number of thiophene rings is 1. The van der Waals surface area contributed by atoms with Gasteiger partial charge in [-0.3, -0.25) is 4.57 Å². The van der Waals surface area contributed by atoms with Gasteiger partial charge in [0, 0.05) is 17.0 Å². The number of thioether (sulfide) groups is 1. The molecule has 0 saturated heterocycles. The maximum atomic E-state index is 5.85. The van der Waals surface area contributed by atoms with Crippen LogP contribution in [0.4, 0.5) is 5.95 Å². The molecule has 3 aromatic rings. The summed E-state index contributed by atoms with van der Waals surface area (Å²) >= 11 is 3.12. The van der Waals surface area contributed by atoms with Crippen molar-refractivity contribution in [1.29, 1.82) is 0 Å². The minimum atomic E-state index is 0.451. The molecule has 108 valence electrons. The van der Waals surface area contributed by atoms with Gasteiger partial charge >= 0.3 is 0 Å². The highest BCUT2D eigenvalue weighted by molar-refractivity contribution is 7.98. The number of nitrogen functional groups attached to an aromatic ring is 1.